The molecule has 5 heteroatoms. The van der Waals surface area contributed by atoms with E-state index in [0.29, 0.717) is 4.83 Å². The van der Waals surface area contributed by atoms with Gasteiger partial charge >= 0.3 is 0 Å². The number of alkyl halides is 2. The number of benzene rings is 1. The Morgan fingerprint density at radius 2 is 2.06 bits per heavy atom. The van der Waals surface area contributed by atoms with Crippen molar-refractivity contribution < 1.29 is 14.2 Å². The zero-order chi connectivity index (χ0) is 11.5. The van der Waals surface area contributed by atoms with Crippen LogP contribution in [-0.2, 0) is 6.42 Å². The maximum absolute atomic E-state index is 5.35. The minimum absolute atomic E-state index is 0.290. The summed E-state index contributed by atoms with van der Waals surface area (Å²) < 4.78 is 16.0. The van der Waals surface area contributed by atoms with E-state index in [1.807, 2.05) is 12.1 Å². The summed E-state index contributed by atoms with van der Waals surface area (Å²) in [5.41, 5.74) is 1.12. The van der Waals surface area contributed by atoms with Crippen LogP contribution >= 0.6 is 31.9 Å². The third-order valence-electron chi connectivity index (χ3n) is 2.38. The van der Waals surface area contributed by atoms with E-state index in [-0.39, 0.29) is 6.79 Å². The fraction of sp³-hybridized carbons (Fsp3) is 0.455. The second kappa shape index (κ2) is 5.27. The Bertz CT molecular complexity index is 382. The summed E-state index contributed by atoms with van der Waals surface area (Å²) in [6.07, 6.45) is 0.880. The van der Waals surface area contributed by atoms with Gasteiger partial charge in [-0.1, -0.05) is 31.9 Å². The summed E-state index contributed by atoms with van der Waals surface area (Å²) in [6.45, 7) is 0.290. The van der Waals surface area contributed by atoms with Gasteiger partial charge in [-0.2, -0.15) is 0 Å². The third kappa shape index (κ3) is 2.46. The van der Waals surface area contributed by atoms with Crippen LogP contribution in [0.25, 0.3) is 0 Å². The van der Waals surface area contributed by atoms with Crippen molar-refractivity contribution in [2.75, 3.05) is 19.2 Å². The van der Waals surface area contributed by atoms with Crippen molar-refractivity contribution in [3.05, 3.63) is 17.7 Å². The van der Waals surface area contributed by atoms with Gasteiger partial charge in [0.2, 0.25) is 6.79 Å². The summed E-state index contributed by atoms with van der Waals surface area (Å²) >= 11 is 7.02. The molecule has 0 spiro atoms. The lowest BCUT2D eigenvalue weighted by Crippen LogP contribution is -2.05. The lowest BCUT2D eigenvalue weighted by atomic mass is 10.1. The molecule has 0 N–H and O–H groups in total. The predicted octanol–water partition coefficient (Wildman–Crippen LogP) is 3.12. The molecule has 1 aromatic carbocycles. The van der Waals surface area contributed by atoms with Crippen molar-refractivity contribution in [3.63, 3.8) is 0 Å². The maximum atomic E-state index is 5.35. The van der Waals surface area contributed by atoms with E-state index in [4.69, 9.17) is 14.2 Å². The number of hydrogen-bond donors (Lipinski definition) is 0. The average molecular weight is 352 g/mol. The van der Waals surface area contributed by atoms with E-state index in [9.17, 15) is 0 Å². The molecule has 1 aliphatic heterocycles. The molecule has 2 rings (SSSR count). The molecular formula is C11H12Br2O3. The minimum atomic E-state index is 0.290. The van der Waals surface area contributed by atoms with Crippen molar-refractivity contribution in [1.29, 1.82) is 0 Å². The van der Waals surface area contributed by atoms with Crippen LogP contribution in [-0.4, -0.2) is 24.1 Å². The van der Waals surface area contributed by atoms with Gasteiger partial charge in [-0.3, -0.25) is 0 Å². The number of ether oxygens (including phenoxy) is 3. The van der Waals surface area contributed by atoms with Gasteiger partial charge in [-0.05, 0) is 18.1 Å². The summed E-state index contributed by atoms with van der Waals surface area (Å²) in [5, 5.41) is 0.893. The molecule has 0 aromatic heterocycles. The highest BCUT2D eigenvalue weighted by atomic mass is 79.9. The molecule has 0 fully saturated rings. The highest BCUT2D eigenvalue weighted by Crippen LogP contribution is 2.38. The quantitative estimate of drug-likeness (QED) is 0.780. The van der Waals surface area contributed by atoms with Crippen LogP contribution in [0.2, 0.25) is 0 Å². The van der Waals surface area contributed by atoms with E-state index < -0.39 is 0 Å². The molecule has 3 nitrogen and oxygen atoms in total. The third-order valence-corrected chi connectivity index (χ3v) is 4.68. The molecular weight excluding hydrogens is 340 g/mol. The fourth-order valence-electron chi connectivity index (χ4n) is 1.61. The molecule has 0 unspecified atom stereocenters. The van der Waals surface area contributed by atoms with Crippen LogP contribution in [0, 0.1) is 0 Å². The van der Waals surface area contributed by atoms with Crippen molar-refractivity contribution >= 4 is 31.9 Å². The van der Waals surface area contributed by atoms with Gasteiger partial charge in [0, 0.05) is 16.2 Å². The Balaban J connectivity index is 2.28. The second-order valence-corrected chi connectivity index (χ2v) is 5.42. The van der Waals surface area contributed by atoms with Crippen LogP contribution in [0.15, 0.2) is 12.1 Å². The summed E-state index contributed by atoms with van der Waals surface area (Å²) in [5.74, 6) is 2.39. The Hall–Kier alpha value is -0.420. The SMILES string of the molecule is COc1cc2c(cc1C[C@H](Br)CBr)OCO2. The number of hydrogen-bond acceptors (Lipinski definition) is 3. The molecule has 0 aliphatic carbocycles. The number of rotatable bonds is 4. The van der Waals surface area contributed by atoms with Gasteiger partial charge in [-0.15, -0.1) is 0 Å². The zero-order valence-corrected chi connectivity index (χ0v) is 12.0. The Kier molecular flexibility index (Phi) is 3.97. The monoisotopic (exact) mass is 350 g/mol. The highest BCUT2D eigenvalue weighted by molar-refractivity contribution is 9.12. The van der Waals surface area contributed by atoms with Crippen LogP contribution in [0.1, 0.15) is 5.56 Å². The lowest BCUT2D eigenvalue weighted by molar-refractivity contribution is 0.174. The van der Waals surface area contributed by atoms with E-state index in [1.54, 1.807) is 7.11 Å². The van der Waals surface area contributed by atoms with Crippen LogP contribution in [0.5, 0.6) is 17.2 Å². The molecule has 1 aromatic rings. The fourth-order valence-corrected chi connectivity index (χ4v) is 2.19. The van der Waals surface area contributed by atoms with Gasteiger partial charge in [0.25, 0.3) is 0 Å². The van der Waals surface area contributed by atoms with Gasteiger partial charge in [-0.25, -0.2) is 0 Å². The van der Waals surface area contributed by atoms with Gasteiger partial charge in [0.15, 0.2) is 11.5 Å². The number of methoxy groups -OCH3 is 1. The Morgan fingerprint density at radius 1 is 1.38 bits per heavy atom. The van der Waals surface area contributed by atoms with E-state index >= 15 is 0 Å². The highest BCUT2D eigenvalue weighted by Gasteiger charge is 2.18. The minimum Gasteiger partial charge on any atom is -0.496 e. The summed E-state index contributed by atoms with van der Waals surface area (Å²) in [4.78, 5) is 0.377. The normalized spacial score (nSPS) is 14.9. The first kappa shape index (κ1) is 12.0. The van der Waals surface area contributed by atoms with Gasteiger partial charge in [0.05, 0.1) is 7.11 Å². The Morgan fingerprint density at radius 3 is 2.69 bits per heavy atom. The van der Waals surface area contributed by atoms with Crippen LogP contribution in [0.4, 0.5) is 0 Å². The summed E-state index contributed by atoms with van der Waals surface area (Å²) in [7, 11) is 1.67. The van der Waals surface area contributed by atoms with Gasteiger partial charge in [0.1, 0.15) is 5.75 Å². The molecule has 16 heavy (non-hydrogen) atoms. The molecule has 0 radical (unpaired) electrons. The zero-order valence-electron chi connectivity index (χ0n) is 8.83. The molecule has 1 atom stereocenters. The van der Waals surface area contributed by atoms with Crippen molar-refractivity contribution in [3.8, 4) is 17.2 Å². The first-order valence-corrected chi connectivity index (χ1v) is 6.95. The largest absolute Gasteiger partial charge is 0.496 e. The summed E-state index contributed by atoms with van der Waals surface area (Å²) in [6, 6.07) is 3.86. The molecule has 88 valence electrons. The van der Waals surface area contributed by atoms with Crippen molar-refractivity contribution in [2.24, 2.45) is 0 Å². The van der Waals surface area contributed by atoms with Crippen molar-refractivity contribution in [1.82, 2.24) is 0 Å². The van der Waals surface area contributed by atoms with Gasteiger partial charge < -0.3 is 14.2 Å². The first-order chi connectivity index (χ1) is 7.74. The number of fused-ring (bicyclic) bond motifs is 1. The lowest BCUT2D eigenvalue weighted by Gasteiger charge is -2.11. The number of halogens is 2. The Labute approximate surface area is 111 Å². The topological polar surface area (TPSA) is 27.7 Å². The second-order valence-electron chi connectivity index (χ2n) is 3.47. The predicted molar refractivity (Wildman–Crippen MR) is 69.3 cm³/mol. The molecule has 0 saturated heterocycles. The van der Waals surface area contributed by atoms with Crippen LogP contribution in [0.3, 0.4) is 0 Å². The molecule has 0 bridgehead atoms. The molecule has 0 saturated carbocycles. The molecule has 0 amide bonds. The molecule has 1 heterocycles. The standard InChI is InChI=1S/C11H12Br2O3/c1-14-9-4-11-10(15-6-16-11)3-7(9)2-8(13)5-12/h3-4,8H,2,5-6H2,1H3/t8-/m0/s1. The van der Waals surface area contributed by atoms with E-state index in [0.717, 1.165) is 34.6 Å². The smallest absolute Gasteiger partial charge is 0.231 e. The van der Waals surface area contributed by atoms with Crippen LogP contribution < -0.4 is 14.2 Å². The maximum Gasteiger partial charge on any atom is 0.231 e. The van der Waals surface area contributed by atoms with Crippen molar-refractivity contribution in [2.45, 2.75) is 11.2 Å². The average Bonchev–Trinajstić information content (AvgIpc) is 2.74. The first-order valence-electron chi connectivity index (χ1n) is 4.91. The van der Waals surface area contributed by atoms with E-state index in [2.05, 4.69) is 31.9 Å². The van der Waals surface area contributed by atoms with E-state index in [1.165, 1.54) is 0 Å². The molecule has 1 aliphatic rings.